The number of carbonyl (C=O) groups excluding carboxylic acids is 1. The molecule has 1 heterocycles. The molecule has 1 amide bonds. The van der Waals surface area contributed by atoms with E-state index in [0.29, 0.717) is 5.58 Å². The zero-order chi connectivity index (χ0) is 14.1. The van der Waals surface area contributed by atoms with Crippen LogP contribution in [0, 0.1) is 0 Å². The summed E-state index contributed by atoms with van der Waals surface area (Å²) in [5, 5.41) is 0.835. The first-order valence-corrected chi connectivity index (χ1v) is 6.16. The van der Waals surface area contributed by atoms with E-state index >= 15 is 0 Å². The second-order valence-electron chi connectivity index (χ2n) is 4.40. The number of para-hydroxylation sites is 2. The molecule has 0 aliphatic carbocycles. The summed E-state index contributed by atoms with van der Waals surface area (Å²) in [5.41, 5.74) is 7.67. The minimum absolute atomic E-state index is 0. The number of amides is 1. The summed E-state index contributed by atoms with van der Waals surface area (Å²) >= 11 is 0. The van der Waals surface area contributed by atoms with Crippen molar-refractivity contribution in [1.82, 2.24) is 0 Å². The summed E-state index contributed by atoms with van der Waals surface area (Å²) in [7, 11) is 1.62. The van der Waals surface area contributed by atoms with E-state index in [1.807, 2.05) is 42.5 Å². The van der Waals surface area contributed by atoms with E-state index in [4.69, 9.17) is 14.9 Å². The van der Waals surface area contributed by atoms with Crippen LogP contribution in [0.15, 0.2) is 52.9 Å². The Morgan fingerprint density at radius 1 is 1.10 bits per heavy atom. The number of halogens is 1. The molecule has 108 valence electrons. The minimum Gasteiger partial charge on any atom is -0.496 e. The summed E-state index contributed by atoms with van der Waals surface area (Å²) in [6.45, 7) is 0. The second-order valence-corrected chi connectivity index (χ2v) is 4.40. The van der Waals surface area contributed by atoms with E-state index in [9.17, 15) is 4.79 Å². The highest BCUT2D eigenvalue weighted by atomic mass is 35.5. The smallest absolute Gasteiger partial charge is 0.284 e. The summed E-state index contributed by atoms with van der Waals surface area (Å²) in [5.74, 6) is 0.326. The van der Waals surface area contributed by atoms with Crippen molar-refractivity contribution < 1.29 is 13.9 Å². The SMILES string of the molecule is COc1ccccc1-c1cccc2cc(C(N)=O)oc12.Cl. The van der Waals surface area contributed by atoms with Gasteiger partial charge in [0.05, 0.1) is 7.11 Å². The Balaban J connectivity index is 0.00000161. The number of carbonyl (C=O) groups is 1. The summed E-state index contributed by atoms with van der Waals surface area (Å²) in [6.07, 6.45) is 0. The second kappa shape index (κ2) is 5.89. The van der Waals surface area contributed by atoms with E-state index < -0.39 is 5.91 Å². The standard InChI is InChI=1S/C16H13NO3.ClH/c1-19-13-8-3-2-6-11(13)12-7-4-5-10-9-14(16(17)18)20-15(10)12;/h2-9H,1H3,(H2,17,18);1H. The fraction of sp³-hybridized carbons (Fsp3) is 0.0625. The Morgan fingerprint density at radius 2 is 1.81 bits per heavy atom. The first-order valence-electron chi connectivity index (χ1n) is 6.16. The van der Waals surface area contributed by atoms with Gasteiger partial charge in [-0.25, -0.2) is 0 Å². The van der Waals surface area contributed by atoms with Gasteiger partial charge in [-0.1, -0.05) is 36.4 Å². The Bertz CT molecular complexity index is 795. The largest absolute Gasteiger partial charge is 0.496 e. The van der Waals surface area contributed by atoms with Crippen molar-refractivity contribution in [3.63, 3.8) is 0 Å². The molecule has 0 radical (unpaired) electrons. The molecule has 3 aromatic rings. The molecular formula is C16H14ClNO3. The number of benzene rings is 2. The molecular weight excluding hydrogens is 290 g/mol. The van der Waals surface area contributed by atoms with Crippen molar-refractivity contribution in [1.29, 1.82) is 0 Å². The zero-order valence-electron chi connectivity index (χ0n) is 11.3. The fourth-order valence-electron chi connectivity index (χ4n) is 2.26. The van der Waals surface area contributed by atoms with Gasteiger partial charge in [0, 0.05) is 16.5 Å². The lowest BCUT2D eigenvalue weighted by Gasteiger charge is -2.08. The normalized spacial score (nSPS) is 10.1. The molecule has 4 nitrogen and oxygen atoms in total. The van der Waals surface area contributed by atoms with Crippen molar-refractivity contribution in [2.45, 2.75) is 0 Å². The van der Waals surface area contributed by atoms with E-state index in [1.54, 1.807) is 13.2 Å². The lowest BCUT2D eigenvalue weighted by atomic mass is 10.0. The molecule has 0 aliphatic rings. The first-order chi connectivity index (χ1) is 9.70. The highest BCUT2D eigenvalue weighted by Crippen LogP contribution is 2.35. The number of methoxy groups -OCH3 is 1. The number of nitrogens with two attached hydrogens (primary N) is 1. The number of hydrogen-bond acceptors (Lipinski definition) is 3. The maximum Gasteiger partial charge on any atom is 0.284 e. The van der Waals surface area contributed by atoms with Crippen molar-refractivity contribution in [3.05, 3.63) is 54.3 Å². The molecule has 0 spiro atoms. The third kappa shape index (κ3) is 2.58. The first kappa shape index (κ1) is 14.9. The molecule has 2 N–H and O–H groups in total. The van der Waals surface area contributed by atoms with Crippen LogP contribution in [0.4, 0.5) is 0 Å². The van der Waals surface area contributed by atoms with Gasteiger partial charge in [-0.05, 0) is 12.1 Å². The molecule has 0 atom stereocenters. The predicted octanol–water partition coefficient (Wildman–Crippen LogP) is 3.63. The van der Waals surface area contributed by atoms with Gasteiger partial charge in [-0.15, -0.1) is 12.4 Å². The predicted molar refractivity (Wildman–Crippen MR) is 84.0 cm³/mol. The molecule has 3 rings (SSSR count). The van der Waals surface area contributed by atoms with E-state index in [1.165, 1.54) is 0 Å². The summed E-state index contributed by atoms with van der Waals surface area (Å²) < 4.78 is 11.0. The van der Waals surface area contributed by atoms with E-state index in [-0.39, 0.29) is 18.2 Å². The van der Waals surface area contributed by atoms with Gasteiger partial charge in [0.2, 0.25) is 0 Å². The molecule has 0 unspecified atom stereocenters. The Morgan fingerprint density at radius 3 is 2.52 bits per heavy atom. The molecule has 21 heavy (non-hydrogen) atoms. The van der Waals surface area contributed by atoms with Crippen molar-refractivity contribution in [2.24, 2.45) is 5.73 Å². The summed E-state index contributed by atoms with van der Waals surface area (Å²) in [4.78, 5) is 11.2. The molecule has 2 aromatic carbocycles. The lowest BCUT2D eigenvalue weighted by molar-refractivity contribution is 0.0976. The van der Waals surface area contributed by atoms with Crippen LogP contribution in [0.3, 0.4) is 0 Å². The van der Waals surface area contributed by atoms with Crippen molar-refractivity contribution in [3.8, 4) is 16.9 Å². The Labute approximate surface area is 127 Å². The molecule has 0 aliphatic heterocycles. The minimum atomic E-state index is -0.577. The molecule has 0 saturated heterocycles. The Kier molecular flexibility index (Phi) is 4.19. The van der Waals surface area contributed by atoms with Gasteiger partial charge in [-0.2, -0.15) is 0 Å². The van der Waals surface area contributed by atoms with Gasteiger partial charge < -0.3 is 14.9 Å². The van der Waals surface area contributed by atoms with E-state index in [2.05, 4.69) is 0 Å². The van der Waals surface area contributed by atoms with Crippen LogP contribution in [-0.2, 0) is 0 Å². The van der Waals surface area contributed by atoms with Gasteiger partial charge in [0.25, 0.3) is 5.91 Å². The fourth-order valence-corrected chi connectivity index (χ4v) is 2.26. The molecule has 1 aromatic heterocycles. The average molecular weight is 304 g/mol. The van der Waals surface area contributed by atoms with Gasteiger partial charge in [0.15, 0.2) is 5.76 Å². The monoisotopic (exact) mass is 303 g/mol. The molecule has 0 fully saturated rings. The van der Waals surface area contributed by atoms with Gasteiger partial charge >= 0.3 is 0 Å². The molecule has 0 saturated carbocycles. The topological polar surface area (TPSA) is 65.5 Å². The highest BCUT2D eigenvalue weighted by molar-refractivity contribution is 6.00. The number of hydrogen-bond donors (Lipinski definition) is 1. The van der Waals surface area contributed by atoms with E-state index in [0.717, 1.165) is 22.3 Å². The van der Waals surface area contributed by atoms with Crippen LogP contribution in [0.1, 0.15) is 10.6 Å². The van der Waals surface area contributed by atoms with Crippen LogP contribution >= 0.6 is 12.4 Å². The number of furan rings is 1. The quantitative estimate of drug-likeness (QED) is 0.803. The van der Waals surface area contributed by atoms with Crippen molar-refractivity contribution >= 4 is 29.3 Å². The number of ether oxygens (including phenoxy) is 1. The van der Waals surface area contributed by atoms with Crippen LogP contribution in [0.2, 0.25) is 0 Å². The van der Waals surface area contributed by atoms with Crippen LogP contribution in [0.25, 0.3) is 22.1 Å². The zero-order valence-corrected chi connectivity index (χ0v) is 12.1. The highest BCUT2D eigenvalue weighted by Gasteiger charge is 2.14. The maximum absolute atomic E-state index is 11.2. The number of rotatable bonds is 3. The van der Waals surface area contributed by atoms with Crippen LogP contribution in [-0.4, -0.2) is 13.0 Å². The van der Waals surface area contributed by atoms with Gasteiger partial charge in [0.1, 0.15) is 11.3 Å². The average Bonchev–Trinajstić information content (AvgIpc) is 2.91. The summed E-state index contributed by atoms with van der Waals surface area (Å²) in [6, 6.07) is 15.0. The van der Waals surface area contributed by atoms with Crippen LogP contribution in [0.5, 0.6) is 5.75 Å². The van der Waals surface area contributed by atoms with Gasteiger partial charge in [-0.3, -0.25) is 4.79 Å². The molecule has 0 bridgehead atoms. The Hall–Kier alpha value is -2.46. The lowest BCUT2D eigenvalue weighted by Crippen LogP contribution is -2.08. The maximum atomic E-state index is 11.2. The molecule has 5 heteroatoms. The third-order valence-corrected chi connectivity index (χ3v) is 3.18. The van der Waals surface area contributed by atoms with Crippen LogP contribution < -0.4 is 10.5 Å². The third-order valence-electron chi connectivity index (χ3n) is 3.18. The number of fused-ring (bicyclic) bond motifs is 1. The van der Waals surface area contributed by atoms with Crippen molar-refractivity contribution in [2.75, 3.05) is 7.11 Å². The number of primary amides is 1.